The number of methoxy groups -OCH3 is 1. The van der Waals surface area contributed by atoms with Crippen molar-refractivity contribution in [3.05, 3.63) is 0 Å². The molecule has 1 aliphatic heterocycles. The third kappa shape index (κ3) is 2.94. The molecule has 1 aliphatic carbocycles. The van der Waals surface area contributed by atoms with Crippen LogP contribution < -0.4 is 5.32 Å². The summed E-state index contributed by atoms with van der Waals surface area (Å²) in [7, 11) is 1.91. The molecule has 2 unspecified atom stereocenters. The third-order valence-electron chi connectivity index (χ3n) is 4.19. The Balaban J connectivity index is 1.88. The van der Waals surface area contributed by atoms with Gasteiger partial charge in [0, 0.05) is 13.7 Å². The molecule has 1 heterocycles. The summed E-state index contributed by atoms with van der Waals surface area (Å²) in [6.07, 6.45) is 10.3. The Morgan fingerprint density at radius 1 is 1.00 bits per heavy atom. The number of hydrogen-bond donors (Lipinski definition) is 1. The van der Waals surface area contributed by atoms with Gasteiger partial charge in [0.1, 0.15) is 0 Å². The van der Waals surface area contributed by atoms with E-state index in [2.05, 4.69) is 5.32 Å². The van der Waals surface area contributed by atoms with Gasteiger partial charge in [-0.25, -0.2) is 0 Å². The predicted molar refractivity (Wildman–Crippen MR) is 63.0 cm³/mol. The highest BCUT2D eigenvalue weighted by Crippen LogP contribution is 2.33. The first-order valence-corrected chi connectivity index (χ1v) is 6.65. The van der Waals surface area contributed by atoms with E-state index in [0.29, 0.717) is 6.10 Å². The molecule has 0 spiro atoms. The molecule has 1 N–H and O–H groups in total. The lowest BCUT2D eigenvalue weighted by Gasteiger charge is -2.36. The fraction of sp³-hybridized carbons (Fsp3) is 1.00. The normalized spacial score (nSPS) is 31.4. The molecule has 0 aromatic rings. The van der Waals surface area contributed by atoms with E-state index in [1.807, 2.05) is 7.11 Å². The van der Waals surface area contributed by atoms with Crippen molar-refractivity contribution in [2.24, 2.45) is 11.8 Å². The summed E-state index contributed by atoms with van der Waals surface area (Å²) in [5.74, 6) is 1.61. The van der Waals surface area contributed by atoms with Crippen molar-refractivity contribution >= 4 is 0 Å². The van der Waals surface area contributed by atoms with Gasteiger partial charge in [-0.2, -0.15) is 0 Å². The van der Waals surface area contributed by atoms with Crippen LogP contribution in [-0.2, 0) is 4.74 Å². The first kappa shape index (κ1) is 11.4. The molecule has 0 aromatic heterocycles. The number of ether oxygens (including phenoxy) is 1. The van der Waals surface area contributed by atoms with E-state index in [1.54, 1.807) is 0 Å². The quantitative estimate of drug-likeness (QED) is 0.774. The van der Waals surface area contributed by atoms with Gasteiger partial charge in [-0.05, 0) is 44.1 Å². The van der Waals surface area contributed by atoms with Crippen molar-refractivity contribution in [3.63, 3.8) is 0 Å². The Bertz CT molecular complexity index is 153. The maximum absolute atomic E-state index is 5.79. The van der Waals surface area contributed by atoms with Gasteiger partial charge >= 0.3 is 0 Å². The van der Waals surface area contributed by atoms with Gasteiger partial charge in [0.2, 0.25) is 0 Å². The first-order chi connectivity index (χ1) is 7.42. The average molecular weight is 211 g/mol. The molecule has 15 heavy (non-hydrogen) atoms. The Hall–Kier alpha value is -0.0800. The van der Waals surface area contributed by atoms with Crippen molar-refractivity contribution < 1.29 is 4.74 Å². The predicted octanol–water partition coefficient (Wildman–Crippen LogP) is 2.58. The summed E-state index contributed by atoms with van der Waals surface area (Å²) in [5, 5.41) is 3.51. The molecular weight excluding hydrogens is 186 g/mol. The van der Waals surface area contributed by atoms with Crippen molar-refractivity contribution in [1.29, 1.82) is 0 Å². The Morgan fingerprint density at radius 2 is 1.73 bits per heavy atom. The summed E-state index contributed by atoms with van der Waals surface area (Å²) in [6, 6.07) is 0. The highest BCUT2D eigenvalue weighted by molar-refractivity contribution is 4.83. The third-order valence-corrected chi connectivity index (χ3v) is 4.19. The fourth-order valence-corrected chi connectivity index (χ4v) is 3.39. The van der Waals surface area contributed by atoms with Crippen LogP contribution >= 0.6 is 0 Å². The second kappa shape index (κ2) is 5.86. The van der Waals surface area contributed by atoms with Gasteiger partial charge in [-0.3, -0.25) is 0 Å². The van der Waals surface area contributed by atoms with Crippen LogP contribution in [0.2, 0.25) is 0 Å². The van der Waals surface area contributed by atoms with E-state index >= 15 is 0 Å². The number of piperidine rings is 1. The van der Waals surface area contributed by atoms with E-state index in [0.717, 1.165) is 11.8 Å². The van der Waals surface area contributed by atoms with E-state index in [1.165, 1.54) is 58.0 Å². The maximum atomic E-state index is 5.79. The summed E-state index contributed by atoms with van der Waals surface area (Å²) in [4.78, 5) is 0. The van der Waals surface area contributed by atoms with Crippen molar-refractivity contribution in [3.8, 4) is 0 Å². The van der Waals surface area contributed by atoms with E-state index in [4.69, 9.17) is 4.74 Å². The second-order valence-corrected chi connectivity index (χ2v) is 5.20. The monoisotopic (exact) mass is 211 g/mol. The highest BCUT2D eigenvalue weighted by Gasteiger charge is 2.31. The van der Waals surface area contributed by atoms with Crippen molar-refractivity contribution in [1.82, 2.24) is 5.32 Å². The van der Waals surface area contributed by atoms with E-state index in [-0.39, 0.29) is 0 Å². The topological polar surface area (TPSA) is 21.3 Å². The molecule has 0 aromatic carbocycles. The Morgan fingerprint density at radius 3 is 2.33 bits per heavy atom. The molecule has 2 fully saturated rings. The van der Waals surface area contributed by atoms with Crippen molar-refractivity contribution in [2.75, 3.05) is 20.2 Å². The lowest BCUT2D eigenvalue weighted by molar-refractivity contribution is -0.0138. The van der Waals surface area contributed by atoms with Gasteiger partial charge in [0.05, 0.1) is 6.10 Å². The first-order valence-electron chi connectivity index (χ1n) is 6.65. The van der Waals surface area contributed by atoms with Crippen LogP contribution in [0.5, 0.6) is 0 Å². The van der Waals surface area contributed by atoms with Crippen molar-refractivity contribution in [2.45, 2.75) is 51.0 Å². The average Bonchev–Trinajstić information content (AvgIpc) is 2.33. The molecule has 2 rings (SSSR count). The standard InChI is InChI=1S/C13H25NO/c1-15-13(11-6-3-2-4-7-11)12-8-5-9-14-10-12/h11-14H,2-10H2,1H3. The van der Waals surface area contributed by atoms with Gasteiger partial charge in [-0.1, -0.05) is 19.3 Å². The molecule has 88 valence electrons. The smallest absolute Gasteiger partial charge is 0.0639 e. The summed E-state index contributed by atoms with van der Waals surface area (Å²) in [6.45, 7) is 2.38. The molecule has 1 saturated heterocycles. The molecule has 2 nitrogen and oxygen atoms in total. The molecule has 0 bridgehead atoms. The molecule has 2 aliphatic rings. The minimum atomic E-state index is 0.526. The molecule has 2 heteroatoms. The molecule has 2 atom stereocenters. The van der Waals surface area contributed by atoms with Crippen LogP contribution in [0.25, 0.3) is 0 Å². The minimum Gasteiger partial charge on any atom is -0.381 e. The fourth-order valence-electron chi connectivity index (χ4n) is 3.39. The van der Waals surface area contributed by atoms with Crippen LogP contribution in [0.4, 0.5) is 0 Å². The Kier molecular flexibility index (Phi) is 4.45. The van der Waals surface area contributed by atoms with E-state index < -0.39 is 0 Å². The number of hydrogen-bond acceptors (Lipinski definition) is 2. The lowest BCUT2D eigenvalue weighted by atomic mass is 9.78. The molecular formula is C13H25NO. The zero-order valence-corrected chi connectivity index (χ0v) is 10.0. The summed E-state index contributed by atoms with van der Waals surface area (Å²) in [5.41, 5.74) is 0. The van der Waals surface area contributed by atoms with Crippen LogP contribution in [0, 0.1) is 11.8 Å². The largest absolute Gasteiger partial charge is 0.381 e. The van der Waals surface area contributed by atoms with Gasteiger partial charge < -0.3 is 10.1 Å². The highest BCUT2D eigenvalue weighted by atomic mass is 16.5. The summed E-state index contributed by atoms with van der Waals surface area (Å²) < 4.78 is 5.79. The zero-order chi connectivity index (χ0) is 10.5. The van der Waals surface area contributed by atoms with Gasteiger partial charge in [-0.15, -0.1) is 0 Å². The Labute approximate surface area is 93.8 Å². The second-order valence-electron chi connectivity index (χ2n) is 5.20. The van der Waals surface area contributed by atoms with E-state index in [9.17, 15) is 0 Å². The van der Waals surface area contributed by atoms with Gasteiger partial charge in [0.15, 0.2) is 0 Å². The lowest BCUT2D eigenvalue weighted by Crippen LogP contribution is -2.41. The van der Waals surface area contributed by atoms with Gasteiger partial charge in [0.25, 0.3) is 0 Å². The maximum Gasteiger partial charge on any atom is 0.0639 e. The SMILES string of the molecule is COC(C1CCCCC1)C1CCCNC1. The number of nitrogens with one attached hydrogen (secondary N) is 1. The van der Waals surface area contributed by atoms with Crippen LogP contribution in [0.3, 0.4) is 0 Å². The summed E-state index contributed by atoms with van der Waals surface area (Å²) >= 11 is 0. The van der Waals surface area contributed by atoms with Crippen LogP contribution in [0.1, 0.15) is 44.9 Å². The minimum absolute atomic E-state index is 0.526. The molecule has 1 saturated carbocycles. The molecule has 0 amide bonds. The number of rotatable bonds is 3. The zero-order valence-electron chi connectivity index (χ0n) is 10.0. The van der Waals surface area contributed by atoms with Crippen LogP contribution in [-0.4, -0.2) is 26.3 Å². The molecule has 0 radical (unpaired) electrons. The van der Waals surface area contributed by atoms with Crippen LogP contribution in [0.15, 0.2) is 0 Å².